The first kappa shape index (κ1) is 21.3. The van der Waals surface area contributed by atoms with E-state index in [1.165, 1.54) is 17.4 Å². The first-order valence-electron chi connectivity index (χ1n) is 10.4. The van der Waals surface area contributed by atoms with Crippen LogP contribution in [0.1, 0.15) is 30.9 Å². The summed E-state index contributed by atoms with van der Waals surface area (Å²) in [6.45, 7) is 3.92. The van der Waals surface area contributed by atoms with Gasteiger partial charge in [-0.3, -0.25) is 24.2 Å². The summed E-state index contributed by atoms with van der Waals surface area (Å²) in [6, 6.07) is 16.9. The molecular formula is C24H24ClN3O3. The minimum atomic E-state index is -0.422. The molecule has 31 heavy (non-hydrogen) atoms. The van der Waals surface area contributed by atoms with Crippen molar-refractivity contribution in [1.82, 2.24) is 9.80 Å². The number of likely N-dealkylation sites (tertiary alicyclic amines) is 1. The number of hydrogen-bond acceptors (Lipinski definition) is 4. The number of rotatable bonds is 5. The molecule has 0 saturated carbocycles. The van der Waals surface area contributed by atoms with Crippen LogP contribution < -0.4 is 5.32 Å². The Balaban J connectivity index is 1.43. The smallest absolute Gasteiger partial charge is 0.273 e. The minimum Gasteiger partial charge on any atom is -0.326 e. The van der Waals surface area contributed by atoms with Crippen molar-refractivity contribution in [2.45, 2.75) is 32.4 Å². The van der Waals surface area contributed by atoms with Crippen LogP contribution in [0.5, 0.6) is 0 Å². The summed E-state index contributed by atoms with van der Waals surface area (Å²) in [5.74, 6) is -0.945. The zero-order chi connectivity index (χ0) is 22.0. The Morgan fingerprint density at radius 2 is 1.65 bits per heavy atom. The molecule has 0 bridgehead atoms. The van der Waals surface area contributed by atoms with Crippen molar-refractivity contribution in [2.24, 2.45) is 0 Å². The van der Waals surface area contributed by atoms with Gasteiger partial charge in [-0.2, -0.15) is 0 Å². The molecule has 2 aliphatic heterocycles. The first-order chi connectivity index (χ1) is 14.9. The number of carbonyl (C=O) groups is 3. The standard InChI is InChI=1S/C24H24ClN3O3/c1-16(29)26-19-9-7-18(8-10-19)21-22(25)24(31)28(23(21)30)20-11-13-27(14-12-20)15-17-5-3-2-4-6-17/h2-10,20H,11-15H2,1H3,(H,26,29). The molecule has 0 aliphatic carbocycles. The second kappa shape index (κ2) is 9.04. The van der Waals surface area contributed by atoms with Gasteiger partial charge in [-0.1, -0.05) is 54.1 Å². The summed E-state index contributed by atoms with van der Waals surface area (Å²) in [6.07, 6.45) is 1.45. The highest BCUT2D eigenvalue weighted by Crippen LogP contribution is 2.35. The molecule has 0 radical (unpaired) electrons. The fraction of sp³-hybridized carbons (Fsp3) is 0.292. The SMILES string of the molecule is CC(=O)Nc1ccc(C2=C(Cl)C(=O)N(C3CCN(Cc4ccccc4)CC3)C2=O)cc1. The van der Waals surface area contributed by atoms with Crippen molar-refractivity contribution < 1.29 is 14.4 Å². The number of halogens is 1. The van der Waals surface area contributed by atoms with Gasteiger partial charge >= 0.3 is 0 Å². The zero-order valence-corrected chi connectivity index (χ0v) is 18.1. The highest BCUT2D eigenvalue weighted by molar-refractivity contribution is 6.55. The third kappa shape index (κ3) is 4.55. The van der Waals surface area contributed by atoms with E-state index in [4.69, 9.17) is 11.6 Å². The average Bonchev–Trinajstić information content (AvgIpc) is 2.98. The van der Waals surface area contributed by atoms with Gasteiger partial charge in [0.05, 0.1) is 5.57 Å². The summed E-state index contributed by atoms with van der Waals surface area (Å²) >= 11 is 6.32. The largest absolute Gasteiger partial charge is 0.326 e. The normalized spacial score (nSPS) is 18.1. The van der Waals surface area contributed by atoms with E-state index < -0.39 is 5.91 Å². The van der Waals surface area contributed by atoms with Crippen molar-refractivity contribution in [1.29, 1.82) is 0 Å². The molecule has 2 aromatic rings. The van der Waals surface area contributed by atoms with Crippen LogP contribution in [-0.2, 0) is 20.9 Å². The Hall–Kier alpha value is -2.96. The van der Waals surface area contributed by atoms with E-state index in [9.17, 15) is 14.4 Å². The van der Waals surface area contributed by atoms with Crippen molar-refractivity contribution in [3.63, 3.8) is 0 Å². The first-order valence-corrected chi connectivity index (χ1v) is 10.7. The Morgan fingerprint density at radius 3 is 2.26 bits per heavy atom. The lowest BCUT2D eigenvalue weighted by Gasteiger charge is -2.36. The van der Waals surface area contributed by atoms with E-state index in [1.807, 2.05) is 18.2 Å². The maximum atomic E-state index is 13.1. The molecule has 1 N–H and O–H groups in total. The maximum Gasteiger partial charge on any atom is 0.273 e. The third-order valence-electron chi connectivity index (χ3n) is 5.72. The molecule has 2 aromatic carbocycles. The van der Waals surface area contributed by atoms with Crippen molar-refractivity contribution in [3.8, 4) is 0 Å². The Labute approximate surface area is 186 Å². The fourth-order valence-corrected chi connectivity index (χ4v) is 4.48. The molecule has 160 valence electrons. The van der Waals surface area contributed by atoms with Gasteiger partial charge in [0.25, 0.3) is 11.8 Å². The quantitative estimate of drug-likeness (QED) is 0.725. The molecular weight excluding hydrogens is 414 g/mol. The molecule has 2 aliphatic rings. The van der Waals surface area contributed by atoms with Crippen molar-refractivity contribution >= 4 is 40.6 Å². The molecule has 2 heterocycles. The lowest BCUT2D eigenvalue weighted by atomic mass is 10.0. The summed E-state index contributed by atoms with van der Waals surface area (Å²) in [7, 11) is 0. The zero-order valence-electron chi connectivity index (χ0n) is 17.3. The molecule has 6 nitrogen and oxygen atoms in total. The van der Waals surface area contributed by atoms with E-state index in [0.717, 1.165) is 32.5 Å². The van der Waals surface area contributed by atoms with Gasteiger partial charge in [0.1, 0.15) is 5.03 Å². The van der Waals surface area contributed by atoms with E-state index >= 15 is 0 Å². The van der Waals surface area contributed by atoms with E-state index in [1.54, 1.807) is 24.3 Å². The molecule has 1 saturated heterocycles. The van der Waals surface area contributed by atoms with Crippen molar-refractivity contribution in [3.05, 3.63) is 70.8 Å². The third-order valence-corrected chi connectivity index (χ3v) is 6.07. The van der Waals surface area contributed by atoms with Crippen LogP contribution in [0.3, 0.4) is 0 Å². The Bertz CT molecular complexity index is 1030. The van der Waals surface area contributed by atoms with Gasteiger partial charge in [0.2, 0.25) is 5.91 Å². The molecule has 0 atom stereocenters. The Morgan fingerprint density at radius 1 is 1.00 bits per heavy atom. The van der Waals surface area contributed by atoms with Gasteiger partial charge < -0.3 is 5.32 Å². The number of piperidine rings is 1. The van der Waals surface area contributed by atoms with Gasteiger partial charge in [-0.05, 0) is 36.1 Å². The van der Waals surface area contributed by atoms with Crippen LogP contribution in [0, 0.1) is 0 Å². The summed E-state index contributed by atoms with van der Waals surface area (Å²) in [5, 5.41) is 2.64. The van der Waals surface area contributed by atoms with Crippen molar-refractivity contribution in [2.75, 3.05) is 18.4 Å². The summed E-state index contributed by atoms with van der Waals surface area (Å²) in [4.78, 5) is 40.8. The lowest BCUT2D eigenvalue weighted by Crippen LogP contribution is -2.47. The maximum absolute atomic E-state index is 13.1. The van der Waals surface area contributed by atoms with Crippen LogP contribution in [0.15, 0.2) is 59.6 Å². The number of nitrogens with one attached hydrogen (secondary N) is 1. The number of nitrogens with zero attached hydrogens (tertiary/aromatic N) is 2. The number of hydrogen-bond donors (Lipinski definition) is 1. The highest BCUT2D eigenvalue weighted by atomic mass is 35.5. The number of anilines is 1. The molecule has 0 spiro atoms. The molecule has 3 amide bonds. The highest BCUT2D eigenvalue weighted by Gasteiger charge is 2.42. The second-order valence-corrected chi connectivity index (χ2v) is 8.30. The molecule has 4 rings (SSSR count). The van der Waals surface area contributed by atoms with Gasteiger partial charge in [-0.15, -0.1) is 0 Å². The number of amides is 3. The fourth-order valence-electron chi connectivity index (χ4n) is 4.20. The van der Waals surface area contributed by atoms with Crippen LogP contribution >= 0.6 is 11.6 Å². The van der Waals surface area contributed by atoms with Gasteiger partial charge in [0, 0.05) is 38.3 Å². The molecule has 1 fully saturated rings. The number of benzene rings is 2. The number of carbonyl (C=O) groups excluding carboxylic acids is 3. The lowest BCUT2D eigenvalue weighted by molar-refractivity contribution is -0.140. The summed E-state index contributed by atoms with van der Waals surface area (Å²) in [5.41, 5.74) is 2.67. The van der Waals surface area contributed by atoms with E-state index in [-0.39, 0.29) is 28.5 Å². The van der Waals surface area contributed by atoms with E-state index in [0.29, 0.717) is 11.3 Å². The minimum absolute atomic E-state index is 0.0380. The average molecular weight is 438 g/mol. The monoisotopic (exact) mass is 437 g/mol. The predicted octanol–water partition coefficient (Wildman–Crippen LogP) is 3.63. The predicted molar refractivity (Wildman–Crippen MR) is 120 cm³/mol. The van der Waals surface area contributed by atoms with Gasteiger partial charge in [-0.25, -0.2) is 0 Å². The second-order valence-electron chi connectivity index (χ2n) is 7.92. The molecule has 0 aromatic heterocycles. The Kier molecular flexibility index (Phi) is 6.20. The van der Waals surface area contributed by atoms with Crippen LogP contribution in [0.25, 0.3) is 5.57 Å². The van der Waals surface area contributed by atoms with Gasteiger partial charge in [0.15, 0.2) is 0 Å². The topological polar surface area (TPSA) is 69.7 Å². The van der Waals surface area contributed by atoms with Crippen LogP contribution in [-0.4, -0.2) is 46.7 Å². The molecule has 0 unspecified atom stereocenters. The van der Waals surface area contributed by atoms with Crippen LogP contribution in [0.4, 0.5) is 5.69 Å². The summed E-state index contributed by atoms with van der Waals surface area (Å²) < 4.78 is 0. The van der Waals surface area contributed by atoms with E-state index in [2.05, 4.69) is 22.3 Å². The van der Waals surface area contributed by atoms with Crippen LogP contribution in [0.2, 0.25) is 0 Å². The molecule has 7 heteroatoms. The number of imide groups is 1.